The second-order valence-electron chi connectivity index (χ2n) is 6.68. The third-order valence-electron chi connectivity index (χ3n) is 5.03. The van der Waals surface area contributed by atoms with Gasteiger partial charge in [0.25, 0.3) is 0 Å². The molecule has 1 aromatic heterocycles. The Morgan fingerprint density at radius 3 is 2.88 bits per heavy atom. The Morgan fingerprint density at radius 1 is 1.36 bits per heavy atom. The molecule has 2 heterocycles. The average Bonchev–Trinajstić information content (AvgIpc) is 2.97. The highest BCUT2D eigenvalue weighted by Gasteiger charge is 2.31. The zero-order chi connectivity index (χ0) is 17.2. The number of ether oxygens (including phenoxy) is 1. The van der Waals surface area contributed by atoms with Crippen molar-refractivity contribution in [3.63, 3.8) is 0 Å². The van der Waals surface area contributed by atoms with Crippen LogP contribution in [0.3, 0.4) is 0 Å². The molecule has 0 atom stereocenters. The molecule has 1 saturated heterocycles. The molecule has 0 unspecified atom stereocenters. The van der Waals surface area contributed by atoms with Crippen LogP contribution in [-0.4, -0.2) is 55.2 Å². The largest absolute Gasteiger partial charge is 0.379 e. The van der Waals surface area contributed by atoms with Crippen molar-refractivity contribution in [3.05, 3.63) is 23.2 Å². The lowest BCUT2D eigenvalue weighted by Crippen LogP contribution is -2.45. The van der Waals surface area contributed by atoms with Crippen molar-refractivity contribution in [2.75, 3.05) is 44.3 Å². The van der Waals surface area contributed by atoms with Gasteiger partial charge in [0.2, 0.25) is 5.91 Å². The molecule has 2 aliphatic rings. The topological polar surface area (TPSA) is 45.7 Å². The van der Waals surface area contributed by atoms with Crippen molar-refractivity contribution in [1.82, 2.24) is 9.88 Å². The Kier molecular flexibility index (Phi) is 5.22. The number of anilines is 1. The maximum Gasteiger partial charge on any atom is 0.231 e. The fraction of sp³-hybridized carbons (Fsp3) is 0.556. The average molecular weight is 380 g/mol. The molecule has 1 saturated carbocycles. The van der Waals surface area contributed by atoms with Crippen molar-refractivity contribution in [3.8, 4) is 0 Å². The Labute approximate surface area is 156 Å². The summed E-state index contributed by atoms with van der Waals surface area (Å²) in [5, 5.41) is 1.50. The number of carbonyl (C=O) groups is 1. The highest BCUT2D eigenvalue weighted by Crippen LogP contribution is 2.34. The molecule has 1 aliphatic carbocycles. The van der Waals surface area contributed by atoms with Gasteiger partial charge in [0.15, 0.2) is 5.13 Å². The number of morpholine rings is 1. The Morgan fingerprint density at radius 2 is 2.16 bits per heavy atom. The standard InChI is InChI=1S/C18H22ClN3O2S/c19-14-4-5-15-16(12-14)25-18(20-15)22(17(23)13-2-1-3-13)7-6-21-8-10-24-11-9-21/h4-5,12-13H,1-3,6-11H2. The monoisotopic (exact) mass is 379 g/mol. The number of aromatic nitrogens is 1. The van der Waals surface area contributed by atoms with Gasteiger partial charge >= 0.3 is 0 Å². The van der Waals surface area contributed by atoms with Crippen LogP contribution in [0, 0.1) is 5.92 Å². The van der Waals surface area contributed by atoms with Crippen molar-refractivity contribution >= 4 is 44.2 Å². The number of carbonyl (C=O) groups excluding carboxylic acids is 1. The quantitative estimate of drug-likeness (QED) is 0.798. The van der Waals surface area contributed by atoms with E-state index in [1.54, 1.807) is 11.3 Å². The zero-order valence-corrected chi connectivity index (χ0v) is 15.7. The fourth-order valence-corrected chi connectivity index (χ4v) is 4.52. The zero-order valence-electron chi connectivity index (χ0n) is 14.1. The molecular formula is C18H22ClN3O2S. The molecule has 7 heteroatoms. The first kappa shape index (κ1) is 17.2. The van der Waals surface area contributed by atoms with E-state index in [0.29, 0.717) is 11.6 Å². The molecule has 4 rings (SSSR count). The van der Waals surface area contributed by atoms with E-state index in [-0.39, 0.29) is 11.8 Å². The van der Waals surface area contributed by atoms with Gasteiger partial charge < -0.3 is 4.74 Å². The molecule has 1 aliphatic heterocycles. The summed E-state index contributed by atoms with van der Waals surface area (Å²) in [5.41, 5.74) is 0.905. The van der Waals surface area contributed by atoms with E-state index in [4.69, 9.17) is 21.3 Å². The van der Waals surface area contributed by atoms with E-state index in [2.05, 4.69) is 4.90 Å². The fourth-order valence-electron chi connectivity index (χ4n) is 3.24. The summed E-state index contributed by atoms with van der Waals surface area (Å²) in [6, 6.07) is 5.69. The van der Waals surface area contributed by atoms with Gasteiger partial charge in [-0.3, -0.25) is 14.6 Å². The maximum absolute atomic E-state index is 13.0. The van der Waals surface area contributed by atoms with Gasteiger partial charge in [0, 0.05) is 37.1 Å². The van der Waals surface area contributed by atoms with Crippen molar-refractivity contribution < 1.29 is 9.53 Å². The van der Waals surface area contributed by atoms with Crippen LogP contribution in [0.25, 0.3) is 10.2 Å². The van der Waals surface area contributed by atoms with Crippen molar-refractivity contribution in [1.29, 1.82) is 0 Å². The summed E-state index contributed by atoms with van der Waals surface area (Å²) in [7, 11) is 0. The summed E-state index contributed by atoms with van der Waals surface area (Å²) in [6.45, 7) is 4.95. The normalized spacial score (nSPS) is 19.1. The number of benzene rings is 1. The lowest BCUT2D eigenvalue weighted by Gasteiger charge is -2.33. The second kappa shape index (κ2) is 7.58. The van der Waals surface area contributed by atoms with Crippen LogP contribution >= 0.6 is 22.9 Å². The lowest BCUT2D eigenvalue weighted by molar-refractivity contribution is -0.124. The molecule has 0 radical (unpaired) electrons. The molecule has 1 amide bonds. The van der Waals surface area contributed by atoms with E-state index < -0.39 is 0 Å². The SMILES string of the molecule is O=C(C1CCC1)N(CCN1CCOCC1)c1nc2ccc(Cl)cc2s1. The third kappa shape index (κ3) is 3.82. The number of thiazole rings is 1. The summed E-state index contributed by atoms with van der Waals surface area (Å²) in [6.07, 6.45) is 3.16. The first-order valence-corrected chi connectivity index (χ1v) is 10.1. The first-order chi connectivity index (χ1) is 12.2. The highest BCUT2D eigenvalue weighted by molar-refractivity contribution is 7.22. The highest BCUT2D eigenvalue weighted by atomic mass is 35.5. The predicted molar refractivity (Wildman–Crippen MR) is 102 cm³/mol. The summed E-state index contributed by atoms with van der Waals surface area (Å²) in [4.78, 5) is 21.9. The molecule has 5 nitrogen and oxygen atoms in total. The van der Waals surface area contributed by atoms with Crippen molar-refractivity contribution in [2.45, 2.75) is 19.3 Å². The van der Waals surface area contributed by atoms with Crippen LogP contribution in [0.4, 0.5) is 5.13 Å². The Balaban J connectivity index is 1.55. The van der Waals surface area contributed by atoms with Gasteiger partial charge in [0.1, 0.15) is 0 Å². The first-order valence-electron chi connectivity index (χ1n) is 8.88. The number of rotatable bonds is 5. The van der Waals surface area contributed by atoms with Crippen LogP contribution in [0.15, 0.2) is 18.2 Å². The minimum Gasteiger partial charge on any atom is -0.379 e. The molecule has 0 bridgehead atoms. The number of fused-ring (bicyclic) bond motifs is 1. The third-order valence-corrected chi connectivity index (χ3v) is 6.31. The van der Waals surface area contributed by atoms with Gasteiger partial charge in [-0.25, -0.2) is 4.98 Å². The predicted octanol–water partition coefficient (Wildman–Crippen LogP) is 3.42. The molecule has 25 heavy (non-hydrogen) atoms. The minimum atomic E-state index is 0.167. The van der Waals surface area contributed by atoms with Gasteiger partial charge in [-0.1, -0.05) is 29.4 Å². The summed E-state index contributed by atoms with van der Waals surface area (Å²) < 4.78 is 6.44. The van der Waals surface area contributed by atoms with Crippen LogP contribution in [0.1, 0.15) is 19.3 Å². The molecular weight excluding hydrogens is 358 g/mol. The Hall–Kier alpha value is -1.21. The number of amides is 1. The molecule has 1 aromatic carbocycles. The number of halogens is 1. The van der Waals surface area contributed by atoms with Crippen LogP contribution < -0.4 is 4.90 Å². The number of nitrogens with zero attached hydrogens (tertiary/aromatic N) is 3. The smallest absolute Gasteiger partial charge is 0.231 e. The van der Waals surface area contributed by atoms with Crippen LogP contribution in [0.2, 0.25) is 5.02 Å². The lowest BCUT2D eigenvalue weighted by atomic mass is 9.84. The van der Waals surface area contributed by atoms with E-state index in [0.717, 1.165) is 67.5 Å². The number of hydrogen-bond donors (Lipinski definition) is 0. The molecule has 2 fully saturated rings. The van der Waals surface area contributed by atoms with Crippen LogP contribution in [0.5, 0.6) is 0 Å². The van der Waals surface area contributed by atoms with Gasteiger partial charge in [-0.2, -0.15) is 0 Å². The van der Waals surface area contributed by atoms with Gasteiger partial charge in [-0.05, 0) is 31.0 Å². The molecule has 0 N–H and O–H groups in total. The summed E-state index contributed by atoms with van der Waals surface area (Å²) in [5.74, 6) is 0.393. The van der Waals surface area contributed by atoms with Crippen molar-refractivity contribution in [2.24, 2.45) is 5.92 Å². The molecule has 134 valence electrons. The van der Waals surface area contributed by atoms with Gasteiger partial charge in [0.05, 0.1) is 23.4 Å². The van der Waals surface area contributed by atoms with E-state index in [1.165, 1.54) is 0 Å². The Bertz CT molecular complexity index is 756. The number of hydrogen-bond acceptors (Lipinski definition) is 5. The van der Waals surface area contributed by atoms with E-state index in [9.17, 15) is 4.79 Å². The molecule has 0 spiro atoms. The van der Waals surface area contributed by atoms with Gasteiger partial charge in [-0.15, -0.1) is 0 Å². The summed E-state index contributed by atoms with van der Waals surface area (Å²) >= 11 is 7.65. The van der Waals surface area contributed by atoms with Crippen LogP contribution in [-0.2, 0) is 9.53 Å². The van der Waals surface area contributed by atoms with E-state index >= 15 is 0 Å². The molecule has 2 aromatic rings. The minimum absolute atomic E-state index is 0.167. The van der Waals surface area contributed by atoms with E-state index in [1.807, 2.05) is 23.1 Å². The second-order valence-corrected chi connectivity index (χ2v) is 8.13. The maximum atomic E-state index is 13.0.